The maximum absolute atomic E-state index is 9.95. The van der Waals surface area contributed by atoms with E-state index in [-0.39, 0.29) is 5.60 Å². The minimum atomic E-state index is -0.386. The molecule has 0 spiro atoms. The summed E-state index contributed by atoms with van der Waals surface area (Å²) < 4.78 is 0. The lowest BCUT2D eigenvalue weighted by atomic mass is 9.76. The Morgan fingerprint density at radius 2 is 2.12 bits per heavy atom. The quantitative estimate of drug-likeness (QED) is 0.834. The first-order valence-electron chi connectivity index (χ1n) is 6.23. The number of hydrogen-bond donors (Lipinski definition) is 1. The zero-order valence-corrected chi connectivity index (χ0v) is 9.82. The summed E-state index contributed by atoms with van der Waals surface area (Å²) in [4.78, 5) is 2.38. The maximum Gasteiger partial charge on any atom is 0.0897 e. The zero-order chi connectivity index (χ0) is 11.2. The second-order valence-corrected chi connectivity index (χ2v) is 5.35. The molecule has 1 N–H and O–H groups in total. The number of likely N-dealkylation sites (tertiary alicyclic amines) is 1. The Morgan fingerprint density at radius 1 is 1.38 bits per heavy atom. The van der Waals surface area contributed by atoms with Gasteiger partial charge in [0.25, 0.3) is 0 Å². The van der Waals surface area contributed by atoms with Crippen molar-refractivity contribution in [3.63, 3.8) is 0 Å². The highest BCUT2D eigenvalue weighted by Crippen LogP contribution is 2.37. The van der Waals surface area contributed by atoms with Crippen LogP contribution in [0.2, 0.25) is 0 Å². The van der Waals surface area contributed by atoms with Crippen molar-refractivity contribution in [2.24, 2.45) is 0 Å². The predicted octanol–water partition coefficient (Wildman–Crippen LogP) is 1.78. The molecule has 1 atom stereocenters. The molecule has 0 bridgehead atoms. The lowest BCUT2D eigenvalue weighted by Gasteiger charge is -2.48. The van der Waals surface area contributed by atoms with Gasteiger partial charge in [-0.25, -0.2) is 0 Å². The van der Waals surface area contributed by atoms with E-state index in [1.807, 2.05) is 0 Å². The fraction of sp³-hybridized carbons (Fsp3) is 0.571. The van der Waals surface area contributed by atoms with E-state index in [0.29, 0.717) is 5.92 Å². The summed E-state index contributed by atoms with van der Waals surface area (Å²) >= 11 is 0. The van der Waals surface area contributed by atoms with Crippen LogP contribution in [0, 0.1) is 0 Å². The van der Waals surface area contributed by atoms with E-state index in [1.54, 1.807) is 0 Å². The number of benzene rings is 1. The third kappa shape index (κ3) is 1.57. The van der Waals surface area contributed by atoms with Gasteiger partial charge < -0.3 is 5.11 Å². The van der Waals surface area contributed by atoms with Crippen molar-refractivity contribution >= 4 is 0 Å². The first kappa shape index (κ1) is 10.3. The Hall–Kier alpha value is -0.860. The van der Waals surface area contributed by atoms with Crippen molar-refractivity contribution in [2.75, 3.05) is 19.6 Å². The standard InChI is InChI=1S/C14H19NO/c1-2-14(16)9-15(10-14)8-12-7-11-5-3-4-6-13(11)12/h3-6,12,16H,2,7-10H2,1H3. The van der Waals surface area contributed by atoms with Gasteiger partial charge in [-0.3, -0.25) is 4.90 Å². The summed E-state index contributed by atoms with van der Waals surface area (Å²) in [5.41, 5.74) is 2.65. The van der Waals surface area contributed by atoms with Crippen molar-refractivity contribution < 1.29 is 5.11 Å². The van der Waals surface area contributed by atoms with Crippen LogP contribution in [0.1, 0.15) is 30.4 Å². The summed E-state index contributed by atoms with van der Waals surface area (Å²) in [6, 6.07) is 8.72. The average Bonchev–Trinajstić information content (AvgIpc) is 2.23. The number of aliphatic hydroxyl groups is 1. The van der Waals surface area contributed by atoms with Crippen LogP contribution in [0.3, 0.4) is 0 Å². The van der Waals surface area contributed by atoms with Gasteiger partial charge >= 0.3 is 0 Å². The fourth-order valence-corrected chi connectivity index (χ4v) is 2.98. The van der Waals surface area contributed by atoms with E-state index in [0.717, 1.165) is 26.1 Å². The summed E-state index contributed by atoms with van der Waals surface area (Å²) in [7, 11) is 0. The van der Waals surface area contributed by atoms with Crippen LogP contribution in [0.25, 0.3) is 0 Å². The van der Waals surface area contributed by atoms with E-state index in [4.69, 9.17) is 0 Å². The number of β-amino-alcohol motifs (C(OH)–C–C–N with tert-alkyl or cyclic N) is 1. The van der Waals surface area contributed by atoms with E-state index in [2.05, 4.69) is 36.1 Å². The number of nitrogens with zero attached hydrogens (tertiary/aromatic N) is 1. The molecule has 3 rings (SSSR count). The van der Waals surface area contributed by atoms with Crippen molar-refractivity contribution in [2.45, 2.75) is 31.3 Å². The first-order valence-corrected chi connectivity index (χ1v) is 6.23. The Labute approximate surface area is 96.9 Å². The molecule has 1 saturated heterocycles. The summed E-state index contributed by atoms with van der Waals surface area (Å²) in [6.45, 7) is 4.92. The van der Waals surface area contributed by atoms with E-state index in [1.165, 1.54) is 17.5 Å². The molecule has 86 valence electrons. The highest BCUT2D eigenvalue weighted by atomic mass is 16.3. The predicted molar refractivity (Wildman–Crippen MR) is 64.6 cm³/mol. The zero-order valence-electron chi connectivity index (χ0n) is 9.82. The topological polar surface area (TPSA) is 23.5 Å². The molecule has 1 aliphatic heterocycles. The molecule has 2 aliphatic rings. The smallest absolute Gasteiger partial charge is 0.0897 e. The third-order valence-electron chi connectivity index (χ3n) is 4.13. The fourth-order valence-electron chi connectivity index (χ4n) is 2.98. The Kier molecular flexibility index (Phi) is 2.30. The molecule has 2 heteroatoms. The van der Waals surface area contributed by atoms with Gasteiger partial charge in [-0.1, -0.05) is 31.2 Å². The van der Waals surface area contributed by atoms with Crippen molar-refractivity contribution in [3.8, 4) is 0 Å². The van der Waals surface area contributed by atoms with Crippen molar-refractivity contribution in [3.05, 3.63) is 35.4 Å². The van der Waals surface area contributed by atoms with Gasteiger partial charge in [0.05, 0.1) is 5.60 Å². The highest BCUT2D eigenvalue weighted by molar-refractivity contribution is 5.40. The van der Waals surface area contributed by atoms with Crippen molar-refractivity contribution in [1.82, 2.24) is 4.90 Å². The molecular formula is C14H19NO. The largest absolute Gasteiger partial charge is 0.387 e. The second-order valence-electron chi connectivity index (χ2n) is 5.35. The van der Waals surface area contributed by atoms with Crippen molar-refractivity contribution in [1.29, 1.82) is 0 Å². The number of hydrogen-bond acceptors (Lipinski definition) is 2. The van der Waals surface area contributed by atoms with Gasteiger partial charge in [0, 0.05) is 25.6 Å². The van der Waals surface area contributed by atoms with Gasteiger partial charge in [0.2, 0.25) is 0 Å². The van der Waals surface area contributed by atoms with E-state index >= 15 is 0 Å². The molecular weight excluding hydrogens is 198 g/mol. The maximum atomic E-state index is 9.95. The molecule has 0 radical (unpaired) electrons. The van der Waals surface area contributed by atoms with Crippen LogP contribution in [0.15, 0.2) is 24.3 Å². The van der Waals surface area contributed by atoms with Gasteiger partial charge in [0.15, 0.2) is 0 Å². The molecule has 0 amide bonds. The average molecular weight is 217 g/mol. The Bertz CT molecular complexity index is 395. The summed E-state index contributed by atoms with van der Waals surface area (Å²) in [5.74, 6) is 0.706. The van der Waals surface area contributed by atoms with E-state index in [9.17, 15) is 5.11 Å². The van der Waals surface area contributed by atoms with Gasteiger partial charge in [0.1, 0.15) is 0 Å². The Morgan fingerprint density at radius 3 is 2.81 bits per heavy atom. The van der Waals surface area contributed by atoms with Crippen LogP contribution in [-0.4, -0.2) is 35.2 Å². The lowest BCUT2D eigenvalue weighted by molar-refractivity contribution is -0.102. The van der Waals surface area contributed by atoms with Crippen LogP contribution >= 0.6 is 0 Å². The molecule has 2 nitrogen and oxygen atoms in total. The summed E-state index contributed by atoms with van der Waals surface area (Å²) in [6.07, 6.45) is 2.10. The second kappa shape index (κ2) is 3.57. The minimum absolute atomic E-state index is 0.386. The highest BCUT2D eigenvalue weighted by Gasteiger charge is 2.41. The minimum Gasteiger partial charge on any atom is -0.387 e. The molecule has 0 saturated carbocycles. The molecule has 1 aromatic carbocycles. The Balaban J connectivity index is 1.57. The molecule has 1 fully saturated rings. The molecule has 1 unspecified atom stereocenters. The number of rotatable bonds is 3. The van der Waals surface area contributed by atoms with Gasteiger partial charge in [-0.15, -0.1) is 0 Å². The van der Waals surface area contributed by atoms with Crippen LogP contribution in [-0.2, 0) is 6.42 Å². The van der Waals surface area contributed by atoms with Crippen LogP contribution in [0.4, 0.5) is 0 Å². The molecule has 16 heavy (non-hydrogen) atoms. The van der Waals surface area contributed by atoms with Gasteiger partial charge in [-0.2, -0.15) is 0 Å². The molecule has 1 heterocycles. The monoisotopic (exact) mass is 217 g/mol. The summed E-state index contributed by atoms with van der Waals surface area (Å²) in [5, 5.41) is 9.95. The molecule has 1 aliphatic carbocycles. The lowest BCUT2D eigenvalue weighted by Crippen LogP contribution is -2.62. The third-order valence-corrected chi connectivity index (χ3v) is 4.13. The van der Waals surface area contributed by atoms with Crippen LogP contribution in [0.5, 0.6) is 0 Å². The van der Waals surface area contributed by atoms with E-state index < -0.39 is 0 Å². The SMILES string of the molecule is CCC1(O)CN(CC2Cc3ccccc32)C1. The molecule has 1 aromatic rings. The first-order chi connectivity index (χ1) is 7.70. The molecule has 0 aromatic heterocycles. The number of fused-ring (bicyclic) bond motifs is 1. The van der Waals surface area contributed by atoms with Crippen LogP contribution < -0.4 is 0 Å². The normalized spacial score (nSPS) is 26.8. The van der Waals surface area contributed by atoms with Gasteiger partial charge in [-0.05, 0) is 24.0 Å².